The Bertz CT molecular complexity index is 948. The molecule has 0 spiro atoms. The first-order valence-electron chi connectivity index (χ1n) is 8.55. The monoisotopic (exact) mass is 414 g/mol. The van der Waals surface area contributed by atoms with Crippen molar-refractivity contribution < 1.29 is 4.79 Å². The molecule has 0 unspecified atom stereocenters. The van der Waals surface area contributed by atoms with E-state index in [2.05, 4.69) is 36.1 Å². The lowest BCUT2D eigenvalue weighted by Crippen LogP contribution is -2.49. The smallest absolute Gasteiger partial charge is 0.227 e. The lowest BCUT2D eigenvalue weighted by Gasteiger charge is -2.35. The average Bonchev–Trinajstić information content (AvgIpc) is 3.12. The molecule has 134 valence electrons. The minimum Gasteiger partial charge on any atom is -0.352 e. The molecule has 2 aromatic heterocycles. The maximum absolute atomic E-state index is 12.6. The fourth-order valence-corrected chi connectivity index (χ4v) is 3.53. The summed E-state index contributed by atoms with van der Waals surface area (Å²) < 4.78 is 2.71. The second-order valence-corrected chi connectivity index (χ2v) is 7.31. The molecule has 0 bridgehead atoms. The van der Waals surface area contributed by atoms with E-state index in [1.54, 1.807) is 10.8 Å². The quantitative estimate of drug-likeness (QED) is 0.656. The van der Waals surface area contributed by atoms with Gasteiger partial charge < -0.3 is 9.80 Å². The van der Waals surface area contributed by atoms with Gasteiger partial charge in [-0.3, -0.25) is 4.79 Å². The lowest BCUT2D eigenvalue weighted by molar-refractivity contribution is -0.130. The van der Waals surface area contributed by atoms with Crippen molar-refractivity contribution in [1.29, 1.82) is 0 Å². The van der Waals surface area contributed by atoms with Crippen LogP contribution in [0.4, 0.5) is 5.82 Å². The molecule has 3 aromatic rings. The number of nitrogens with zero attached hydrogens (tertiary/aromatic N) is 6. The van der Waals surface area contributed by atoms with E-state index >= 15 is 0 Å². The van der Waals surface area contributed by atoms with Gasteiger partial charge in [0, 0.05) is 30.7 Å². The van der Waals surface area contributed by atoms with Crippen LogP contribution in [0.3, 0.4) is 0 Å². The van der Waals surface area contributed by atoms with Crippen LogP contribution in [0.25, 0.3) is 5.65 Å². The second kappa shape index (κ2) is 7.03. The molecule has 3 heterocycles. The summed E-state index contributed by atoms with van der Waals surface area (Å²) >= 11 is 3.53. The van der Waals surface area contributed by atoms with E-state index in [-0.39, 0.29) is 5.91 Å². The minimum absolute atomic E-state index is 0.169. The fourth-order valence-electron chi connectivity index (χ4n) is 3.10. The minimum atomic E-state index is 0.169. The molecule has 4 rings (SSSR count). The van der Waals surface area contributed by atoms with Crippen LogP contribution in [0, 0.1) is 6.92 Å². The number of piperazine rings is 1. The van der Waals surface area contributed by atoms with Gasteiger partial charge in [0.1, 0.15) is 12.1 Å². The number of carbonyl (C=O) groups is 1. The largest absolute Gasteiger partial charge is 0.352 e. The first-order chi connectivity index (χ1) is 12.6. The molecule has 1 aliphatic heterocycles. The molecule has 1 aliphatic rings. The molecule has 0 atom stereocenters. The number of rotatable bonds is 3. The highest BCUT2D eigenvalue weighted by atomic mass is 79.9. The van der Waals surface area contributed by atoms with Gasteiger partial charge in [0.25, 0.3) is 0 Å². The molecule has 0 saturated carbocycles. The van der Waals surface area contributed by atoms with Crippen LogP contribution in [0.2, 0.25) is 0 Å². The zero-order chi connectivity index (χ0) is 18.1. The number of aromatic nitrogens is 4. The summed E-state index contributed by atoms with van der Waals surface area (Å²) in [5.74, 6) is 1.05. The highest BCUT2D eigenvalue weighted by Gasteiger charge is 2.22. The van der Waals surface area contributed by atoms with E-state index < -0.39 is 0 Å². The number of fused-ring (bicyclic) bond motifs is 1. The Morgan fingerprint density at radius 2 is 1.96 bits per heavy atom. The van der Waals surface area contributed by atoms with Crippen molar-refractivity contribution in [2.24, 2.45) is 0 Å². The number of halogens is 1. The van der Waals surface area contributed by atoms with E-state index in [1.165, 1.54) is 5.56 Å². The summed E-state index contributed by atoms with van der Waals surface area (Å²) in [7, 11) is 0. The van der Waals surface area contributed by atoms with Crippen molar-refractivity contribution in [3.8, 4) is 0 Å². The van der Waals surface area contributed by atoms with Gasteiger partial charge in [0.15, 0.2) is 5.65 Å². The zero-order valence-electron chi connectivity index (χ0n) is 14.5. The molecule has 8 heteroatoms. The molecular weight excluding hydrogens is 396 g/mol. The van der Waals surface area contributed by atoms with Crippen LogP contribution in [0.15, 0.2) is 41.1 Å². The van der Waals surface area contributed by atoms with Crippen molar-refractivity contribution >= 4 is 33.3 Å². The summed E-state index contributed by atoms with van der Waals surface area (Å²) in [5.41, 5.74) is 2.94. The van der Waals surface area contributed by atoms with E-state index in [4.69, 9.17) is 0 Å². The summed E-state index contributed by atoms with van der Waals surface area (Å²) in [4.78, 5) is 16.7. The van der Waals surface area contributed by atoms with Crippen molar-refractivity contribution in [2.75, 3.05) is 31.1 Å². The Kier molecular flexibility index (Phi) is 4.58. The number of benzene rings is 1. The van der Waals surface area contributed by atoms with Crippen LogP contribution in [0.5, 0.6) is 0 Å². The van der Waals surface area contributed by atoms with Crippen LogP contribution in [-0.4, -0.2) is 56.8 Å². The number of hydrogen-bond acceptors (Lipinski definition) is 5. The maximum atomic E-state index is 12.6. The Labute approximate surface area is 159 Å². The summed E-state index contributed by atoms with van der Waals surface area (Å²) in [6, 6.07) is 9.94. The lowest BCUT2D eigenvalue weighted by atomic mass is 10.1. The standard InChI is InChI=1S/C18H19BrN6O/c1-13-2-3-14(10-15(13)19)11-18(26)24-8-6-23(7-9-24)17-5-4-16-21-20-12-25(16)22-17/h2-5,10,12H,6-9,11H2,1H3. The average molecular weight is 415 g/mol. The van der Waals surface area contributed by atoms with Crippen molar-refractivity contribution in [1.82, 2.24) is 24.7 Å². The molecule has 0 aliphatic carbocycles. The SMILES string of the molecule is Cc1ccc(CC(=O)N2CCN(c3ccc4nncn4n3)CC2)cc1Br. The summed E-state index contributed by atoms with van der Waals surface area (Å²) in [6.45, 7) is 4.98. The first-order valence-corrected chi connectivity index (χ1v) is 9.34. The summed E-state index contributed by atoms with van der Waals surface area (Å²) in [5, 5.41) is 12.3. The molecule has 1 amide bonds. The number of amides is 1. The topological polar surface area (TPSA) is 66.6 Å². The van der Waals surface area contributed by atoms with Gasteiger partial charge in [-0.15, -0.1) is 15.3 Å². The summed E-state index contributed by atoms with van der Waals surface area (Å²) in [6.07, 6.45) is 2.03. The van der Waals surface area contributed by atoms with Gasteiger partial charge in [-0.25, -0.2) is 0 Å². The van der Waals surface area contributed by atoms with E-state index in [0.29, 0.717) is 19.5 Å². The third-order valence-electron chi connectivity index (χ3n) is 4.70. The van der Waals surface area contributed by atoms with Gasteiger partial charge in [0.2, 0.25) is 5.91 Å². The van der Waals surface area contributed by atoms with Gasteiger partial charge in [-0.1, -0.05) is 28.1 Å². The third kappa shape index (κ3) is 3.41. The maximum Gasteiger partial charge on any atom is 0.227 e. The van der Waals surface area contributed by atoms with Crippen molar-refractivity contribution in [3.05, 3.63) is 52.3 Å². The van der Waals surface area contributed by atoms with Gasteiger partial charge in [0.05, 0.1) is 6.42 Å². The van der Waals surface area contributed by atoms with Crippen LogP contribution < -0.4 is 4.90 Å². The van der Waals surface area contributed by atoms with Crippen molar-refractivity contribution in [2.45, 2.75) is 13.3 Å². The molecule has 1 aromatic carbocycles. The van der Waals surface area contributed by atoms with Crippen LogP contribution >= 0.6 is 15.9 Å². The second-order valence-electron chi connectivity index (χ2n) is 6.45. The predicted molar refractivity (Wildman–Crippen MR) is 102 cm³/mol. The molecule has 0 N–H and O–H groups in total. The molecule has 1 saturated heterocycles. The molecular formula is C18H19BrN6O. The van der Waals surface area contributed by atoms with E-state index in [1.807, 2.05) is 42.2 Å². The Hall–Kier alpha value is -2.48. The highest BCUT2D eigenvalue weighted by Crippen LogP contribution is 2.19. The van der Waals surface area contributed by atoms with E-state index in [0.717, 1.165) is 34.6 Å². The van der Waals surface area contributed by atoms with E-state index in [9.17, 15) is 4.79 Å². The third-order valence-corrected chi connectivity index (χ3v) is 5.55. The Morgan fingerprint density at radius 1 is 1.15 bits per heavy atom. The van der Waals surface area contributed by atoms with Gasteiger partial charge in [-0.05, 0) is 36.2 Å². The first kappa shape index (κ1) is 17.0. The van der Waals surface area contributed by atoms with Gasteiger partial charge in [-0.2, -0.15) is 4.52 Å². The normalized spacial score (nSPS) is 14.8. The number of anilines is 1. The molecule has 7 nitrogen and oxygen atoms in total. The molecule has 0 radical (unpaired) electrons. The zero-order valence-corrected chi connectivity index (χ0v) is 16.1. The van der Waals surface area contributed by atoms with Gasteiger partial charge >= 0.3 is 0 Å². The van der Waals surface area contributed by atoms with Crippen LogP contribution in [-0.2, 0) is 11.2 Å². The van der Waals surface area contributed by atoms with Crippen LogP contribution in [0.1, 0.15) is 11.1 Å². The number of hydrogen-bond donors (Lipinski definition) is 0. The number of carbonyl (C=O) groups excluding carboxylic acids is 1. The Balaban J connectivity index is 1.37. The Morgan fingerprint density at radius 3 is 2.73 bits per heavy atom. The number of aryl methyl sites for hydroxylation is 1. The molecule has 1 fully saturated rings. The molecule has 26 heavy (non-hydrogen) atoms. The fraction of sp³-hybridized carbons (Fsp3) is 0.333. The predicted octanol–water partition coefficient (Wildman–Crippen LogP) is 2.09. The highest BCUT2D eigenvalue weighted by molar-refractivity contribution is 9.10. The van der Waals surface area contributed by atoms with Crippen molar-refractivity contribution in [3.63, 3.8) is 0 Å².